The maximum Gasteiger partial charge on any atom is 0.242 e. The number of carbonyl (C=O) groups excluding carboxylic acids is 1. The minimum atomic E-state index is -0.117. The number of aromatic nitrogens is 2. The van der Waals surface area contributed by atoms with E-state index in [2.05, 4.69) is 38.5 Å². The van der Waals surface area contributed by atoms with Crippen molar-refractivity contribution in [2.75, 3.05) is 18.0 Å². The zero-order valence-corrected chi connectivity index (χ0v) is 14.7. The molecule has 24 heavy (non-hydrogen) atoms. The average Bonchev–Trinajstić information content (AvgIpc) is 3.23. The molecule has 0 aliphatic carbocycles. The molecular weight excluding hydrogens is 322 g/mol. The molecule has 3 unspecified atom stereocenters. The summed E-state index contributed by atoms with van der Waals surface area (Å²) in [5.74, 6) is 1.05. The fourth-order valence-corrected chi connectivity index (χ4v) is 4.59. The molecule has 2 fully saturated rings. The number of amides is 1. The second-order valence-corrected chi connectivity index (χ2v) is 7.67. The van der Waals surface area contributed by atoms with Crippen molar-refractivity contribution in [3.63, 3.8) is 0 Å². The molecule has 7 heteroatoms. The van der Waals surface area contributed by atoms with E-state index in [1.54, 1.807) is 17.7 Å². The highest BCUT2D eigenvalue weighted by Gasteiger charge is 2.34. The second-order valence-electron chi connectivity index (χ2n) is 6.77. The third kappa shape index (κ3) is 2.98. The third-order valence-corrected chi connectivity index (χ3v) is 5.86. The van der Waals surface area contributed by atoms with Crippen LogP contribution in [0, 0.1) is 0 Å². The Morgan fingerprint density at radius 3 is 3.21 bits per heavy atom. The van der Waals surface area contributed by atoms with Crippen LogP contribution in [0.1, 0.15) is 32.6 Å². The van der Waals surface area contributed by atoms with Gasteiger partial charge in [-0.15, -0.1) is 11.3 Å². The van der Waals surface area contributed by atoms with Crippen LogP contribution in [0.25, 0.3) is 10.2 Å². The summed E-state index contributed by atoms with van der Waals surface area (Å²) < 4.78 is 0. The Morgan fingerprint density at radius 1 is 1.42 bits per heavy atom. The highest BCUT2D eigenvalue weighted by molar-refractivity contribution is 7.16. The van der Waals surface area contributed by atoms with Crippen molar-refractivity contribution < 1.29 is 4.79 Å². The van der Waals surface area contributed by atoms with Crippen LogP contribution in [0.4, 0.5) is 5.82 Å². The van der Waals surface area contributed by atoms with Crippen molar-refractivity contribution >= 4 is 33.3 Å². The highest BCUT2D eigenvalue weighted by atomic mass is 32.1. The SMILES string of the molecule is CC1CC(NC(=O)C2CCCN2c2ncnc3sccc23)CCN1. The van der Waals surface area contributed by atoms with Crippen LogP contribution >= 0.6 is 11.3 Å². The first kappa shape index (κ1) is 15.8. The Labute approximate surface area is 145 Å². The van der Waals surface area contributed by atoms with E-state index in [-0.39, 0.29) is 18.0 Å². The lowest BCUT2D eigenvalue weighted by Crippen LogP contribution is -2.51. The van der Waals surface area contributed by atoms with Crippen LogP contribution in [-0.4, -0.2) is 47.1 Å². The molecule has 2 aliphatic heterocycles. The fourth-order valence-electron chi connectivity index (χ4n) is 3.86. The third-order valence-electron chi connectivity index (χ3n) is 5.04. The lowest BCUT2D eigenvalue weighted by atomic mass is 10.00. The molecule has 128 valence electrons. The lowest BCUT2D eigenvalue weighted by Gasteiger charge is -2.31. The summed E-state index contributed by atoms with van der Waals surface area (Å²) in [6.45, 7) is 4.03. The van der Waals surface area contributed by atoms with Crippen molar-refractivity contribution in [2.24, 2.45) is 0 Å². The Kier molecular flexibility index (Phi) is 4.37. The van der Waals surface area contributed by atoms with Gasteiger partial charge in [-0.25, -0.2) is 9.97 Å². The van der Waals surface area contributed by atoms with Crippen molar-refractivity contribution in [3.8, 4) is 0 Å². The Morgan fingerprint density at radius 2 is 2.33 bits per heavy atom. The predicted octanol–water partition coefficient (Wildman–Crippen LogP) is 1.92. The predicted molar refractivity (Wildman–Crippen MR) is 96.4 cm³/mol. The molecule has 4 heterocycles. The van der Waals surface area contributed by atoms with Gasteiger partial charge in [-0.3, -0.25) is 4.79 Å². The monoisotopic (exact) mass is 345 g/mol. The van der Waals surface area contributed by atoms with E-state index < -0.39 is 0 Å². The molecule has 4 rings (SSSR count). The zero-order valence-electron chi connectivity index (χ0n) is 13.9. The summed E-state index contributed by atoms with van der Waals surface area (Å²) in [5.41, 5.74) is 0. The van der Waals surface area contributed by atoms with Crippen LogP contribution < -0.4 is 15.5 Å². The number of anilines is 1. The normalized spacial score (nSPS) is 27.5. The van der Waals surface area contributed by atoms with E-state index in [9.17, 15) is 4.79 Å². The molecule has 0 spiro atoms. The molecule has 2 N–H and O–H groups in total. The van der Waals surface area contributed by atoms with Gasteiger partial charge < -0.3 is 15.5 Å². The number of nitrogens with one attached hydrogen (secondary N) is 2. The van der Waals surface area contributed by atoms with Gasteiger partial charge in [0.05, 0.1) is 5.39 Å². The number of fused-ring (bicyclic) bond motifs is 1. The lowest BCUT2D eigenvalue weighted by molar-refractivity contribution is -0.123. The fraction of sp³-hybridized carbons (Fsp3) is 0.588. The van der Waals surface area contributed by atoms with E-state index in [1.165, 1.54) is 0 Å². The minimum Gasteiger partial charge on any atom is -0.351 e. The minimum absolute atomic E-state index is 0.117. The summed E-state index contributed by atoms with van der Waals surface area (Å²) in [6, 6.07) is 2.68. The largest absolute Gasteiger partial charge is 0.351 e. The molecule has 0 saturated carbocycles. The number of thiophene rings is 1. The summed E-state index contributed by atoms with van der Waals surface area (Å²) >= 11 is 1.61. The van der Waals surface area contributed by atoms with E-state index in [4.69, 9.17) is 0 Å². The van der Waals surface area contributed by atoms with Crippen LogP contribution in [-0.2, 0) is 4.79 Å². The quantitative estimate of drug-likeness (QED) is 0.889. The van der Waals surface area contributed by atoms with Crippen molar-refractivity contribution in [2.45, 2.75) is 50.7 Å². The van der Waals surface area contributed by atoms with Crippen molar-refractivity contribution in [1.82, 2.24) is 20.6 Å². The van der Waals surface area contributed by atoms with E-state index in [0.29, 0.717) is 6.04 Å². The molecule has 1 amide bonds. The highest BCUT2D eigenvalue weighted by Crippen LogP contribution is 2.31. The molecule has 6 nitrogen and oxygen atoms in total. The Bertz CT molecular complexity index is 733. The van der Waals surface area contributed by atoms with Gasteiger partial charge in [0.1, 0.15) is 23.0 Å². The standard InChI is InChI=1S/C17H23N5OS/c1-11-9-12(4-6-18-11)21-16(23)14-3-2-7-22(14)15-13-5-8-24-17(13)20-10-19-15/h5,8,10-12,14,18H,2-4,6-7,9H2,1H3,(H,21,23). The molecule has 0 aromatic carbocycles. The average molecular weight is 345 g/mol. The van der Waals surface area contributed by atoms with Crippen molar-refractivity contribution in [3.05, 3.63) is 17.8 Å². The number of hydrogen-bond acceptors (Lipinski definition) is 6. The molecule has 0 radical (unpaired) electrons. The van der Waals surface area contributed by atoms with E-state index >= 15 is 0 Å². The molecule has 2 aromatic heterocycles. The number of carbonyl (C=O) groups is 1. The van der Waals surface area contributed by atoms with Gasteiger partial charge in [-0.05, 0) is 50.6 Å². The Hall–Kier alpha value is -1.73. The van der Waals surface area contributed by atoms with E-state index in [1.807, 2.05) is 5.38 Å². The van der Waals surface area contributed by atoms with Crippen LogP contribution in [0.2, 0.25) is 0 Å². The molecule has 2 aliphatic rings. The Balaban J connectivity index is 1.52. The van der Waals surface area contributed by atoms with Crippen LogP contribution in [0.3, 0.4) is 0 Å². The first-order valence-corrected chi connectivity index (χ1v) is 9.59. The zero-order chi connectivity index (χ0) is 16.5. The summed E-state index contributed by atoms with van der Waals surface area (Å²) in [7, 11) is 0. The molecule has 0 bridgehead atoms. The topological polar surface area (TPSA) is 70.2 Å². The maximum absolute atomic E-state index is 12.9. The molecule has 3 atom stereocenters. The van der Waals surface area contributed by atoms with Gasteiger partial charge in [-0.2, -0.15) is 0 Å². The van der Waals surface area contributed by atoms with Crippen molar-refractivity contribution in [1.29, 1.82) is 0 Å². The van der Waals surface area contributed by atoms with Gasteiger partial charge in [0, 0.05) is 18.6 Å². The van der Waals surface area contributed by atoms with Gasteiger partial charge in [0.2, 0.25) is 5.91 Å². The number of rotatable bonds is 3. The summed E-state index contributed by atoms with van der Waals surface area (Å²) in [4.78, 5) is 24.8. The molecule has 2 aromatic rings. The summed E-state index contributed by atoms with van der Waals surface area (Å²) in [5, 5.41) is 9.79. The van der Waals surface area contributed by atoms with Crippen LogP contribution in [0.15, 0.2) is 17.8 Å². The first-order chi connectivity index (χ1) is 11.7. The number of hydrogen-bond donors (Lipinski definition) is 2. The van der Waals surface area contributed by atoms with Crippen LogP contribution in [0.5, 0.6) is 0 Å². The number of piperidine rings is 1. The number of nitrogens with zero attached hydrogens (tertiary/aromatic N) is 3. The van der Waals surface area contributed by atoms with Gasteiger partial charge in [-0.1, -0.05) is 0 Å². The van der Waals surface area contributed by atoms with Gasteiger partial charge >= 0.3 is 0 Å². The second kappa shape index (κ2) is 6.64. The van der Waals surface area contributed by atoms with E-state index in [0.717, 1.165) is 54.8 Å². The smallest absolute Gasteiger partial charge is 0.242 e. The van der Waals surface area contributed by atoms with Gasteiger partial charge in [0.15, 0.2) is 0 Å². The first-order valence-electron chi connectivity index (χ1n) is 8.71. The summed E-state index contributed by atoms with van der Waals surface area (Å²) in [6.07, 6.45) is 5.53. The maximum atomic E-state index is 12.9. The molecule has 2 saturated heterocycles. The van der Waals surface area contributed by atoms with Gasteiger partial charge in [0.25, 0.3) is 0 Å². The molecular formula is C17H23N5OS.